The second-order valence-corrected chi connectivity index (χ2v) is 10.1. The van der Waals surface area contributed by atoms with E-state index in [9.17, 15) is 0 Å². The van der Waals surface area contributed by atoms with Crippen LogP contribution in [0, 0.1) is 0 Å². The molecule has 0 bridgehead atoms. The first-order chi connectivity index (χ1) is 16.6. The summed E-state index contributed by atoms with van der Waals surface area (Å²) in [5.41, 5.74) is 0. The zero-order chi connectivity index (χ0) is 25.5. The molecule has 0 saturated heterocycles. The van der Waals surface area contributed by atoms with Gasteiger partial charge in [-0.15, -0.1) is 0 Å². The molecule has 4 N–H and O–H groups in total. The topological polar surface area (TPSA) is 48.1 Å². The van der Waals surface area contributed by atoms with E-state index < -0.39 is 0 Å². The molecule has 204 valence electrons. The minimum absolute atomic E-state index is 0.827. The lowest BCUT2D eigenvalue weighted by Gasteiger charge is -2.10. The quantitative estimate of drug-likeness (QED) is 0.0863. The summed E-state index contributed by atoms with van der Waals surface area (Å²) in [5.74, 6) is 0. The average molecular weight is 517 g/mol. The molecule has 0 radical (unpaired) electrons. The molecule has 0 atom stereocenters. The smallest absolute Gasteiger partial charge is 0.166 e. The summed E-state index contributed by atoms with van der Waals surface area (Å²) in [6.07, 6.45) is 23.5. The Morgan fingerprint density at radius 2 is 0.559 bits per heavy atom. The Hall–Kier alpha value is -0.620. The van der Waals surface area contributed by atoms with E-state index in [1.807, 2.05) is 0 Å². The van der Waals surface area contributed by atoms with Gasteiger partial charge in [0.15, 0.2) is 10.2 Å². The molecular weight excluding hydrogens is 456 g/mol. The molecule has 0 spiro atoms. The maximum absolute atomic E-state index is 5.23. The van der Waals surface area contributed by atoms with Gasteiger partial charge in [-0.3, -0.25) is 0 Å². The van der Waals surface area contributed by atoms with Gasteiger partial charge >= 0.3 is 0 Å². The van der Waals surface area contributed by atoms with Crippen molar-refractivity contribution in [1.29, 1.82) is 0 Å². The predicted octanol–water partition coefficient (Wildman–Crippen LogP) is 8.00. The molecular formula is C28H60N4S2. The molecule has 0 aliphatic carbocycles. The molecule has 0 unspecified atom stereocenters. The third kappa shape index (κ3) is 33.6. The van der Waals surface area contributed by atoms with Crippen molar-refractivity contribution in [2.24, 2.45) is 0 Å². The minimum atomic E-state index is 0.827. The van der Waals surface area contributed by atoms with Crippen molar-refractivity contribution in [2.45, 2.75) is 143 Å². The fourth-order valence-electron chi connectivity index (χ4n) is 3.49. The van der Waals surface area contributed by atoms with Crippen molar-refractivity contribution in [3.8, 4) is 0 Å². The first-order valence-corrected chi connectivity index (χ1v) is 15.5. The zero-order valence-electron chi connectivity index (χ0n) is 23.4. The Morgan fingerprint density at radius 3 is 0.794 bits per heavy atom. The van der Waals surface area contributed by atoms with Gasteiger partial charge in [0.25, 0.3) is 0 Å². The van der Waals surface area contributed by atoms with Crippen LogP contribution < -0.4 is 21.3 Å². The monoisotopic (exact) mass is 516 g/mol. The number of unbranched alkanes of at least 4 members (excludes halogenated alkanes) is 14. The lowest BCUT2D eigenvalue weighted by molar-refractivity contribution is 0.611. The van der Waals surface area contributed by atoms with Crippen molar-refractivity contribution in [1.82, 2.24) is 21.3 Å². The molecule has 0 saturated carbocycles. The summed E-state index contributed by atoms with van der Waals surface area (Å²) < 4.78 is 0. The SMILES string of the molecule is CCCCCCCNC(=S)NCCCCCCC.CCCCCCNC(=S)NCCCCCC. The second kappa shape index (κ2) is 32.4. The molecule has 0 aromatic carbocycles. The molecule has 6 heteroatoms. The third-order valence-corrected chi connectivity index (χ3v) is 6.34. The van der Waals surface area contributed by atoms with Crippen LogP contribution in [-0.4, -0.2) is 36.4 Å². The summed E-state index contributed by atoms with van der Waals surface area (Å²) in [5, 5.41) is 14.7. The van der Waals surface area contributed by atoms with Gasteiger partial charge in [-0.05, 0) is 50.1 Å². The van der Waals surface area contributed by atoms with Crippen molar-refractivity contribution in [3.05, 3.63) is 0 Å². The number of rotatable bonds is 22. The molecule has 0 aromatic rings. The van der Waals surface area contributed by atoms with E-state index in [2.05, 4.69) is 49.0 Å². The summed E-state index contributed by atoms with van der Waals surface area (Å²) in [6.45, 7) is 13.0. The Bertz CT molecular complexity index is 385. The molecule has 4 nitrogen and oxygen atoms in total. The highest BCUT2D eigenvalue weighted by Gasteiger charge is 1.96. The first kappa shape index (κ1) is 35.5. The average Bonchev–Trinajstić information content (AvgIpc) is 2.83. The van der Waals surface area contributed by atoms with Gasteiger partial charge < -0.3 is 21.3 Å². The lowest BCUT2D eigenvalue weighted by atomic mass is 10.1. The molecule has 0 amide bonds. The van der Waals surface area contributed by atoms with Gasteiger partial charge in [0.2, 0.25) is 0 Å². The molecule has 0 heterocycles. The molecule has 34 heavy (non-hydrogen) atoms. The Kier molecular flexibility index (Phi) is 33.8. The van der Waals surface area contributed by atoms with Gasteiger partial charge in [-0.25, -0.2) is 0 Å². The van der Waals surface area contributed by atoms with Gasteiger partial charge in [0, 0.05) is 26.2 Å². The summed E-state index contributed by atoms with van der Waals surface area (Å²) in [4.78, 5) is 0. The van der Waals surface area contributed by atoms with E-state index in [1.54, 1.807) is 0 Å². The number of nitrogens with one attached hydrogen (secondary N) is 4. The highest BCUT2D eigenvalue weighted by atomic mass is 32.1. The molecule has 0 aromatic heterocycles. The maximum atomic E-state index is 5.23. The van der Waals surface area contributed by atoms with Crippen LogP contribution in [0.25, 0.3) is 0 Å². The van der Waals surface area contributed by atoms with E-state index >= 15 is 0 Å². The van der Waals surface area contributed by atoms with Crippen LogP contribution in [0.3, 0.4) is 0 Å². The van der Waals surface area contributed by atoms with Crippen LogP contribution in [0.1, 0.15) is 143 Å². The van der Waals surface area contributed by atoms with Crippen molar-refractivity contribution in [3.63, 3.8) is 0 Å². The normalized spacial score (nSPS) is 10.2. The van der Waals surface area contributed by atoms with Crippen LogP contribution in [-0.2, 0) is 0 Å². The largest absolute Gasteiger partial charge is 0.363 e. The van der Waals surface area contributed by atoms with Gasteiger partial charge in [0.05, 0.1) is 0 Å². The third-order valence-electron chi connectivity index (χ3n) is 5.76. The standard InChI is InChI=1S/C15H32N2S.C13H28N2S/c1-3-5-7-9-11-13-16-15(18)17-14-12-10-8-6-4-2;1-3-5-7-9-11-14-13(16)15-12-10-8-6-4-2/h3-14H2,1-2H3,(H2,16,17,18);3-12H2,1-2H3,(H2,14,15,16). The molecule has 0 aliphatic rings. The van der Waals surface area contributed by atoms with Crippen LogP contribution in [0.4, 0.5) is 0 Å². The van der Waals surface area contributed by atoms with E-state index in [0.29, 0.717) is 0 Å². The minimum Gasteiger partial charge on any atom is -0.363 e. The molecule has 0 aliphatic heterocycles. The van der Waals surface area contributed by atoms with E-state index in [-0.39, 0.29) is 0 Å². The van der Waals surface area contributed by atoms with Crippen LogP contribution in [0.15, 0.2) is 0 Å². The van der Waals surface area contributed by atoms with Crippen LogP contribution >= 0.6 is 24.4 Å². The Labute approximate surface area is 225 Å². The predicted molar refractivity (Wildman–Crippen MR) is 163 cm³/mol. The number of hydrogen-bond donors (Lipinski definition) is 4. The molecule has 0 fully saturated rings. The first-order valence-electron chi connectivity index (χ1n) is 14.7. The highest BCUT2D eigenvalue weighted by Crippen LogP contribution is 2.02. The van der Waals surface area contributed by atoms with Crippen molar-refractivity contribution >= 4 is 34.7 Å². The number of hydrogen-bond acceptors (Lipinski definition) is 2. The number of thiocarbonyl (C=S) groups is 2. The lowest BCUT2D eigenvalue weighted by Crippen LogP contribution is -2.36. The highest BCUT2D eigenvalue weighted by molar-refractivity contribution is 7.80. The van der Waals surface area contributed by atoms with Gasteiger partial charge in [0.1, 0.15) is 0 Å². The van der Waals surface area contributed by atoms with Gasteiger partial charge in [-0.1, -0.05) is 118 Å². The summed E-state index contributed by atoms with van der Waals surface area (Å²) in [6, 6.07) is 0. The second-order valence-electron chi connectivity index (χ2n) is 9.32. The molecule has 0 rings (SSSR count). The van der Waals surface area contributed by atoms with E-state index in [1.165, 1.54) is 116 Å². The van der Waals surface area contributed by atoms with Crippen molar-refractivity contribution < 1.29 is 0 Å². The maximum Gasteiger partial charge on any atom is 0.166 e. The van der Waals surface area contributed by atoms with E-state index in [0.717, 1.165) is 36.4 Å². The zero-order valence-corrected chi connectivity index (χ0v) is 25.0. The Balaban J connectivity index is 0. The van der Waals surface area contributed by atoms with Crippen molar-refractivity contribution in [2.75, 3.05) is 26.2 Å². The van der Waals surface area contributed by atoms with Crippen LogP contribution in [0.5, 0.6) is 0 Å². The fourth-order valence-corrected chi connectivity index (χ4v) is 3.90. The Morgan fingerprint density at radius 1 is 0.353 bits per heavy atom. The fraction of sp³-hybridized carbons (Fsp3) is 0.929. The van der Waals surface area contributed by atoms with Gasteiger partial charge in [-0.2, -0.15) is 0 Å². The van der Waals surface area contributed by atoms with E-state index in [4.69, 9.17) is 24.4 Å². The van der Waals surface area contributed by atoms with Crippen LogP contribution in [0.2, 0.25) is 0 Å². The summed E-state index contributed by atoms with van der Waals surface area (Å²) >= 11 is 10.4. The summed E-state index contributed by atoms with van der Waals surface area (Å²) in [7, 11) is 0.